The van der Waals surface area contributed by atoms with E-state index in [0.717, 1.165) is 37.3 Å². The Labute approximate surface area is 120 Å². The van der Waals surface area contributed by atoms with Gasteiger partial charge < -0.3 is 15.4 Å². The van der Waals surface area contributed by atoms with Gasteiger partial charge >= 0.3 is 0 Å². The number of ether oxygens (including phenoxy) is 1. The summed E-state index contributed by atoms with van der Waals surface area (Å²) >= 11 is 0. The number of hydrogen-bond donors (Lipinski definition) is 2. The highest BCUT2D eigenvalue weighted by molar-refractivity contribution is 5.82. The van der Waals surface area contributed by atoms with E-state index in [1.165, 1.54) is 0 Å². The lowest BCUT2D eigenvalue weighted by atomic mass is 9.78. The van der Waals surface area contributed by atoms with Gasteiger partial charge in [0.05, 0.1) is 24.3 Å². The van der Waals surface area contributed by atoms with Crippen LogP contribution < -0.4 is 10.6 Å². The summed E-state index contributed by atoms with van der Waals surface area (Å²) in [5.74, 6) is 0.0733. The highest BCUT2D eigenvalue weighted by Crippen LogP contribution is 2.29. The SMILES string of the molecule is COCC1(C(=O)NCc2cccc(C)n2)CCNCC1. The Kier molecular flexibility index (Phi) is 5.09. The lowest BCUT2D eigenvalue weighted by molar-refractivity contribution is -0.136. The largest absolute Gasteiger partial charge is 0.384 e. The average Bonchev–Trinajstić information content (AvgIpc) is 2.46. The first kappa shape index (κ1) is 14.9. The number of aromatic nitrogens is 1. The first-order valence-corrected chi connectivity index (χ1v) is 7.07. The van der Waals surface area contributed by atoms with Crippen molar-refractivity contribution in [1.29, 1.82) is 0 Å². The summed E-state index contributed by atoms with van der Waals surface area (Å²) in [6, 6.07) is 5.84. The third kappa shape index (κ3) is 3.55. The van der Waals surface area contributed by atoms with Gasteiger partial charge in [-0.25, -0.2) is 0 Å². The van der Waals surface area contributed by atoms with E-state index < -0.39 is 5.41 Å². The molecule has 110 valence electrons. The number of rotatable bonds is 5. The molecule has 0 radical (unpaired) electrons. The quantitative estimate of drug-likeness (QED) is 0.843. The molecule has 0 saturated carbocycles. The van der Waals surface area contributed by atoms with Crippen LogP contribution in [0.4, 0.5) is 0 Å². The standard InChI is InChI=1S/C15H23N3O2/c1-12-4-3-5-13(18-12)10-17-14(19)15(11-20-2)6-8-16-9-7-15/h3-5,16H,6-11H2,1-2H3,(H,17,19). The minimum Gasteiger partial charge on any atom is -0.384 e. The summed E-state index contributed by atoms with van der Waals surface area (Å²) in [5.41, 5.74) is 1.45. The Balaban J connectivity index is 1.98. The van der Waals surface area contributed by atoms with E-state index in [4.69, 9.17) is 4.74 Å². The number of nitrogens with one attached hydrogen (secondary N) is 2. The van der Waals surface area contributed by atoms with Crippen LogP contribution in [-0.2, 0) is 16.1 Å². The van der Waals surface area contributed by atoms with Crippen molar-refractivity contribution in [3.63, 3.8) is 0 Å². The average molecular weight is 277 g/mol. The molecule has 1 aromatic rings. The second-order valence-corrected chi connectivity index (χ2v) is 5.42. The van der Waals surface area contributed by atoms with Gasteiger partial charge in [0.25, 0.3) is 0 Å². The second kappa shape index (κ2) is 6.81. The second-order valence-electron chi connectivity index (χ2n) is 5.42. The minimum absolute atomic E-state index is 0.0733. The first-order valence-electron chi connectivity index (χ1n) is 7.07. The molecule has 0 unspecified atom stereocenters. The molecule has 0 atom stereocenters. The van der Waals surface area contributed by atoms with E-state index in [0.29, 0.717) is 13.2 Å². The number of carbonyl (C=O) groups is 1. The molecule has 1 fully saturated rings. The first-order chi connectivity index (χ1) is 9.66. The van der Waals surface area contributed by atoms with Crippen LogP contribution in [0.1, 0.15) is 24.2 Å². The number of piperidine rings is 1. The van der Waals surface area contributed by atoms with Crippen LogP contribution in [0.25, 0.3) is 0 Å². The van der Waals surface area contributed by atoms with Gasteiger partial charge in [0.1, 0.15) is 0 Å². The Hall–Kier alpha value is -1.46. The number of nitrogens with zero attached hydrogens (tertiary/aromatic N) is 1. The van der Waals surface area contributed by atoms with Gasteiger partial charge in [0.2, 0.25) is 5.91 Å². The van der Waals surface area contributed by atoms with Crippen LogP contribution in [0.2, 0.25) is 0 Å². The van der Waals surface area contributed by atoms with Crippen molar-refractivity contribution >= 4 is 5.91 Å². The van der Waals surface area contributed by atoms with Crippen molar-refractivity contribution in [2.24, 2.45) is 5.41 Å². The number of aryl methyl sites for hydroxylation is 1. The Morgan fingerprint density at radius 1 is 1.45 bits per heavy atom. The monoisotopic (exact) mass is 277 g/mol. The molecule has 0 aliphatic carbocycles. The fourth-order valence-electron chi connectivity index (χ4n) is 2.67. The number of hydrogen-bond acceptors (Lipinski definition) is 4. The van der Waals surface area contributed by atoms with Crippen molar-refractivity contribution in [2.75, 3.05) is 26.8 Å². The van der Waals surface area contributed by atoms with Crippen LogP contribution in [0.3, 0.4) is 0 Å². The van der Waals surface area contributed by atoms with E-state index in [1.54, 1.807) is 7.11 Å². The molecule has 2 heterocycles. The third-order valence-corrected chi connectivity index (χ3v) is 3.84. The molecule has 2 N–H and O–H groups in total. The van der Waals surface area contributed by atoms with Crippen molar-refractivity contribution < 1.29 is 9.53 Å². The summed E-state index contributed by atoms with van der Waals surface area (Å²) in [6.07, 6.45) is 1.63. The lowest BCUT2D eigenvalue weighted by Gasteiger charge is -2.35. The molecule has 0 spiro atoms. The summed E-state index contributed by atoms with van der Waals surface area (Å²) in [4.78, 5) is 16.9. The highest BCUT2D eigenvalue weighted by atomic mass is 16.5. The van der Waals surface area contributed by atoms with Crippen molar-refractivity contribution in [3.8, 4) is 0 Å². The number of amides is 1. The van der Waals surface area contributed by atoms with Gasteiger partial charge in [-0.3, -0.25) is 9.78 Å². The van der Waals surface area contributed by atoms with E-state index in [-0.39, 0.29) is 5.91 Å². The van der Waals surface area contributed by atoms with E-state index in [1.807, 2.05) is 25.1 Å². The lowest BCUT2D eigenvalue weighted by Crippen LogP contribution is -2.50. The molecular weight excluding hydrogens is 254 g/mol. The summed E-state index contributed by atoms with van der Waals surface area (Å²) < 4.78 is 5.27. The van der Waals surface area contributed by atoms with E-state index >= 15 is 0 Å². The fourth-order valence-corrected chi connectivity index (χ4v) is 2.67. The minimum atomic E-state index is -0.399. The van der Waals surface area contributed by atoms with Crippen molar-refractivity contribution in [1.82, 2.24) is 15.6 Å². The van der Waals surface area contributed by atoms with Gasteiger partial charge in [-0.2, -0.15) is 0 Å². The maximum atomic E-state index is 12.5. The zero-order chi connectivity index (χ0) is 14.4. The Morgan fingerprint density at radius 2 is 2.20 bits per heavy atom. The van der Waals surface area contributed by atoms with Crippen LogP contribution in [-0.4, -0.2) is 37.7 Å². The molecule has 0 aromatic carbocycles. The number of carbonyl (C=O) groups excluding carboxylic acids is 1. The summed E-state index contributed by atoms with van der Waals surface area (Å²) in [7, 11) is 1.65. The Morgan fingerprint density at radius 3 is 2.85 bits per heavy atom. The van der Waals surface area contributed by atoms with Gasteiger partial charge in [-0.1, -0.05) is 6.07 Å². The van der Waals surface area contributed by atoms with E-state index in [9.17, 15) is 4.79 Å². The number of pyridine rings is 1. The van der Waals surface area contributed by atoms with Gasteiger partial charge in [0.15, 0.2) is 0 Å². The molecule has 1 aromatic heterocycles. The predicted octanol–water partition coefficient (Wildman–Crippen LogP) is 1.02. The summed E-state index contributed by atoms with van der Waals surface area (Å²) in [5, 5.41) is 6.30. The van der Waals surface area contributed by atoms with Crippen LogP contribution in [0.15, 0.2) is 18.2 Å². The van der Waals surface area contributed by atoms with Gasteiger partial charge in [0, 0.05) is 12.8 Å². The molecule has 5 nitrogen and oxygen atoms in total. The fraction of sp³-hybridized carbons (Fsp3) is 0.600. The molecule has 5 heteroatoms. The van der Waals surface area contributed by atoms with Crippen LogP contribution in [0.5, 0.6) is 0 Å². The van der Waals surface area contributed by atoms with Gasteiger partial charge in [-0.05, 0) is 45.0 Å². The zero-order valence-corrected chi connectivity index (χ0v) is 12.2. The smallest absolute Gasteiger partial charge is 0.228 e. The third-order valence-electron chi connectivity index (χ3n) is 3.84. The molecule has 1 saturated heterocycles. The van der Waals surface area contributed by atoms with Crippen molar-refractivity contribution in [3.05, 3.63) is 29.6 Å². The van der Waals surface area contributed by atoms with Crippen LogP contribution >= 0.6 is 0 Å². The maximum Gasteiger partial charge on any atom is 0.228 e. The topological polar surface area (TPSA) is 63.2 Å². The molecule has 1 aliphatic rings. The molecule has 20 heavy (non-hydrogen) atoms. The zero-order valence-electron chi connectivity index (χ0n) is 12.2. The molecular formula is C15H23N3O2. The predicted molar refractivity (Wildman–Crippen MR) is 77.2 cm³/mol. The van der Waals surface area contributed by atoms with Gasteiger partial charge in [-0.15, -0.1) is 0 Å². The molecule has 1 aliphatic heterocycles. The highest BCUT2D eigenvalue weighted by Gasteiger charge is 2.39. The van der Waals surface area contributed by atoms with Crippen molar-refractivity contribution in [2.45, 2.75) is 26.3 Å². The maximum absolute atomic E-state index is 12.5. The Bertz CT molecular complexity index is 451. The van der Waals surface area contributed by atoms with Crippen LogP contribution in [0, 0.1) is 12.3 Å². The normalized spacial score (nSPS) is 17.7. The van der Waals surface area contributed by atoms with E-state index in [2.05, 4.69) is 15.6 Å². The summed E-state index contributed by atoms with van der Waals surface area (Å²) in [6.45, 7) is 4.62. The molecule has 1 amide bonds. The number of methoxy groups -OCH3 is 1. The molecule has 0 bridgehead atoms. The molecule has 2 rings (SSSR count).